The van der Waals surface area contributed by atoms with Crippen molar-refractivity contribution in [2.45, 2.75) is 71.9 Å². The molecule has 0 radical (unpaired) electrons. The van der Waals surface area contributed by atoms with E-state index >= 15 is 0 Å². The fourth-order valence-electron chi connectivity index (χ4n) is 5.14. The molecular weight excluding hydrogens is 697 g/mol. The second-order valence-corrected chi connectivity index (χ2v) is 12.0. The molecule has 1 aliphatic rings. The Morgan fingerprint density at radius 2 is 1.74 bits per heavy atom. The van der Waals surface area contributed by atoms with E-state index in [0.717, 1.165) is 45.6 Å². The highest BCUT2D eigenvalue weighted by Crippen LogP contribution is 2.35. The third-order valence-electron chi connectivity index (χ3n) is 7.21. The summed E-state index contributed by atoms with van der Waals surface area (Å²) in [4.78, 5) is 43.0. The van der Waals surface area contributed by atoms with Crippen LogP contribution in [0.1, 0.15) is 86.8 Å². The van der Waals surface area contributed by atoms with Gasteiger partial charge in [-0.05, 0) is 92.8 Å². The van der Waals surface area contributed by atoms with E-state index < -0.39 is 59.7 Å². The van der Waals surface area contributed by atoms with Crippen LogP contribution < -0.4 is 19.6 Å². The lowest BCUT2D eigenvalue weighted by Crippen LogP contribution is -2.29. The molecular formula is C32H31ClF5N5O7. The van der Waals surface area contributed by atoms with Crippen LogP contribution in [0.4, 0.5) is 22.0 Å². The van der Waals surface area contributed by atoms with Gasteiger partial charge in [0, 0.05) is 12.6 Å². The summed E-state index contributed by atoms with van der Waals surface area (Å²) in [5.74, 6) is -4.16. The predicted octanol–water partition coefficient (Wildman–Crippen LogP) is 6.38. The zero-order valence-electron chi connectivity index (χ0n) is 26.9. The number of amides is 1. The van der Waals surface area contributed by atoms with Gasteiger partial charge in [0.2, 0.25) is 0 Å². The van der Waals surface area contributed by atoms with Gasteiger partial charge in [0.25, 0.3) is 5.91 Å². The topological polar surface area (TPSA) is 153 Å². The van der Waals surface area contributed by atoms with Crippen molar-refractivity contribution in [2.75, 3.05) is 0 Å². The molecule has 18 heteroatoms. The molecule has 0 aliphatic heterocycles. The van der Waals surface area contributed by atoms with Crippen molar-refractivity contribution in [1.82, 2.24) is 24.8 Å². The van der Waals surface area contributed by atoms with Crippen LogP contribution in [-0.4, -0.2) is 56.4 Å². The molecule has 0 bridgehead atoms. The second kappa shape index (κ2) is 15.7. The van der Waals surface area contributed by atoms with Crippen molar-refractivity contribution < 1.29 is 55.7 Å². The maximum atomic E-state index is 14.0. The molecule has 1 aliphatic carbocycles. The molecule has 4 aromatic rings. The van der Waals surface area contributed by atoms with Gasteiger partial charge in [-0.1, -0.05) is 12.1 Å². The van der Waals surface area contributed by atoms with Gasteiger partial charge in [0.1, 0.15) is 11.3 Å². The first kappa shape index (κ1) is 37.8. The minimum atomic E-state index is -3.13. The van der Waals surface area contributed by atoms with Crippen LogP contribution in [0.25, 0.3) is 5.65 Å². The number of carbonyl (C=O) groups excluding carboxylic acids is 2. The SMILES string of the molecule is Cc1c(C(=O)OC(C)(C)C)ccc2c1CC[C@@H]2NC(=O)c1cc(C(=O)O)nc2c(F)cnn12.FC(F)Oc1ccc(CNCl)cc1OC(F)F. The molecule has 0 saturated carbocycles. The van der Waals surface area contributed by atoms with Crippen molar-refractivity contribution in [3.63, 3.8) is 0 Å². The van der Waals surface area contributed by atoms with Gasteiger partial charge in [-0.3, -0.25) is 4.79 Å². The van der Waals surface area contributed by atoms with Gasteiger partial charge in [-0.2, -0.15) is 22.7 Å². The summed E-state index contributed by atoms with van der Waals surface area (Å²) in [5.41, 5.74) is 2.02. The van der Waals surface area contributed by atoms with E-state index in [1.165, 1.54) is 6.07 Å². The van der Waals surface area contributed by atoms with Gasteiger partial charge in [0.05, 0.1) is 17.8 Å². The Morgan fingerprint density at radius 3 is 2.36 bits per heavy atom. The lowest BCUT2D eigenvalue weighted by molar-refractivity contribution is -0.0692. The van der Waals surface area contributed by atoms with E-state index in [0.29, 0.717) is 24.0 Å². The number of alkyl halides is 4. The minimum Gasteiger partial charge on any atom is -0.477 e. The fraction of sp³-hybridized carbons (Fsp3) is 0.344. The summed E-state index contributed by atoms with van der Waals surface area (Å²) >= 11 is 5.23. The quantitative estimate of drug-likeness (QED) is 0.0953. The van der Waals surface area contributed by atoms with Crippen LogP contribution in [0, 0.1) is 12.7 Å². The van der Waals surface area contributed by atoms with E-state index in [1.807, 2.05) is 6.92 Å². The molecule has 1 atom stereocenters. The van der Waals surface area contributed by atoms with Crippen LogP contribution in [0.15, 0.2) is 42.6 Å². The molecule has 0 unspecified atom stereocenters. The Balaban J connectivity index is 0.000000279. The van der Waals surface area contributed by atoms with Gasteiger partial charge in [-0.25, -0.2) is 28.3 Å². The number of aromatic nitrogens is 3. The van der Waals surface area contributed by atoms with Crippen molar-refractivity contribution in [1.29, 1.82) is 0 Å². The number of rotatable bonds is 10. The third kappa shape index (κ3) is 9.15. The fourth-order valence-corrected chi connectivity index (χ4v) is 5.30. The normalized spacial score (nSPS) is 13.9. The molecule has 268 valence electrons. The molecule has 3 N–H and O–H groups in total. The number of nitrogens with zero attached hydrogens (tertiary/aromatic N) is 3. The third-order valence-corrected chi connectivity index (χ3v) is 7.34. The molecule has 0 saturated heterocycles. The van der Waals surface area contributed by atoms with Crippen molar-refractivity contribution in [3.8, 4) is 11.5 Å². The smallest absolute Gasteiger partial charge is 0.387 e. The molecule has 5 rings (SSSR count). The summed E-state index contributed by atoms with van der Waals surface area (Å²) in [5, 5.41) is 16.0. The minimum absolute atomic E-state index is 0.142. The number of carboxylic acid groups (broad SMARTS) is 1. The second-order valence-electron chi connectivity index (χ2n) is 11.8. The van der Waals surface area contributed by atoms with Crippen molar-refractivity contribution >= 4 is 35.3 Å². The van der Waals surface area contributed by atoms with Gasteiger partial charge < -0.3 is 24.6 Å². The molecule has 12 nitrogen and oxygen atoms in total. The lowest BCUT2D eigenvalue weighted by Gasteiger charge is -2.21. The molecule has 1 amide bonds. The number of esters is 1. The molecule has 0 spiro atoms. The Kier molecular flexibility index (Phi) is 11.8. The van der Waals surface area contributed by atoms with Crippen LogP contribution in [0.5, 0.6) is 11.5 Å². The summed E-state index contributed by atoms with van der Waals surface area (Å²) < 4.78 is 76.6. The largest absolute Gasteiger partial charge is 0.477 e. The van der Waals surface area contributed by atoms with Crippen molar-refractivity contribution in [2.24, 2.45) is 0 Å². The lowest BCUT2D eigenvalue weighted by atomic mass is 9.97. The predicted molar refractivity (Wildman–Crippen MR) is 167 cm³/mol. The highest BCUT2D eigenvalue weighted by molar-refractivity contribution is 6.13. The summed E-state index contributed by atoms with van der Waals surface area (Å²) in [6.07, 6.45) is 2.11. The van der Waals surface area contributed by atoms with Gasteiger partial charge >= 0.3 is 25.2 Å². The van der Waals surface area contributed by atoms with E-state index in [-0.39, 0.29) is 23.9 Å². The Labute approximate surface area is 286 Å². The first-order valence-corrected chi connectivity index (χ1v) is 15.2. The Bertz CT molecular complexity index is 1900. The first-order valence-electron chi connectivity index (χ1n) is 14.8. The highest BCUT2D eigenvalue weighted by Gasteiger charge is 2.30. The zero-order valence-corrected chi connectivity index (χ0v) is 27.7. The Hall–Kier alpha value is -5.03. The number of benzene rings is 2. The summed E-state index contributed by atoms with van der Waals surface area (Å²) in [6, 6.07) is 7.80. The van der Waals surface area contributed by atoms with Gasteiger partial charge in [0.15, 0.2) is 28.7 Å². The van der Waals surface area contributed by atoms with Crippen LogP contribution in [-0.2, 0) is 17.7 Å². The number of aromatic carboxylic acids is 1. The number of nitrogens with one attached hydrogen (secondary N) is 2. The van der Waals surface area contributed by atoms with Crippen molar-refractivity contribution in [3.05, 3.63) is 87.6 Å². The molecule has 0 fully saturated rings. The van der Waals surface area contributed by atoms with Crippen LogP contribution >= 0.6 is 11.8 Å². The van der Waals surface area contributed by atoms with Crippen LogP contribution in [0.3, 0.4) is 0 Å². The summed E-state index contributed by atoms with van der Waals surface area (Å²) in [6.45, 7) is 1.17. The first-order chi connectivity index (χ1) is 23.5. The number of fused-ring (bicyclic) bond motifs is 2. The highest BCUT2D eigenvalue weighted by atomic mass is 35.5. The number of hydrogen-bond acceptors (Lipinski definition) is 9. The zero-order chi connectivity index (χ0) is 36.9. The van der Waals surface area contributed by atoms with E-state index in [2.05, 4.69) is 29.7 Å². The number of halogens is 6. The molecule has 50 heavy (non-hydrogen) atoms. The van der Waals surface area contributed by atoms with Gasteiger partial charge in [-0.15, -0.1) is 0 Å². The maximum Gasteiger partial charge on any atom is 0.387 e. The molecule has 2 heterocycles. The number of carbonyl (C=O) groups is 3. The average molecular weight is 728 g/mol. The van der Waals surface area contributed by atoms with E-state index in [4.69, 9.17) is 16.5 Å². The maximum absolute atomic E-state index is 14.0. The number of hydrogen-bond donors (Lipinski definition) is 3. The van der Waals surface area contributed by atoms with Crippen LogP contribution in [0.2, 0.25) is 0 Å². The molecule has 2 aromatic carbocycles. The van der Waals surface area contributed by atoms with E-state index in [9.17, 15) is 41.4 Å². The average Bonchev–Trinajstić information content (AvgIpc) is 3.60. The molecule has 2 aromatic heterocycles. The summed E-state index contributed by atoms with van der Waals surface area (Å²) in [7, 11) is 0. The standard InChI is InChI=1S/C23H23FN4O5.C9H8ClF4NO2/c1-11-12-7-8-16(14(12)6-5-13(11)22(32)33-23(2,3)4)27-20(29)18-9-17(21(30)31)26-19-15(24)10-25-28(18)19;10-15-4-5-1-2-6(16-8(11)12)7(3-5)17-9(13)14/h5-6,9-10,16H,7-8H2,1-4H3,(H,27,29)(H,30,31);1-3,8-9,15H,4H2/t16-;/m0./s1. The Morgan fingerprint density at radius 1 is 1.06 bits per heavy atom. The number of carboxylic acids is 1. The number of ether oxygens (including phenoxy) is 3. The van der Waals surface area contributed by atoms with E-state index in [1.54, 1.807) is 32.9 Å². The monoisotopic (exact) mass is 727 g/mol.